The van der Waals surface area contributed by atoms with Crippen LogP contribution in [0, 0.1) is 32.6 Å². The molecule has 0 aliphatic heterocycles. The molecule has 1 aromatic heterocycles. The third-order valence-electron chi connectivity index (χ3n) is 6.42. The van der Waals surface area contributed by atoms with E-state index in [4.69, 9.17) is 16.3 Å². The maximum atomic E-state index is 13.0. The van der Waals surface area contributed by atoms with Gasteiger partial charge in [-0.15, -0.1) is 11.3 Å². The van der Waals surface area contributed by atoms with Gasteiger partial charge in [0.05, 0.1) is 21.2 Å². The highest BCUT2D eigenvalue weighted by molar-refractivity contribution is 7.11. The van der Waals surface area contributed by atoms with E-state index in [2.05, 4.69) is 22.9 Å². The van der Waals surface area contributed by atoms with Crippen molar-refractivity contribution in [1.82, 2.24) is 4.98 Å². The van der Waals surface area contributed by atoms with E-state index in [-0.39, 0.29) is 5.78 Å². The van der Waals surface area contributed by atoms with Crippen LogP contribution in [0.15, 0.2) is 48.5 Å². The van der Waals surface area contributed by atoms with Gasteiger partial charge in [-0.05, 0) is 113 Å². The molecule has 4 aromatic rings. The van der Waals surface area contributed by atoms with Crippen LogP contribution in [0.25, 0.3) is 21.9 Å². The van der Waals surface area contributed by atoms with Crippen molar-refractivity contribution in [2.75, 3.05) is 0 Å². The molecule has 4 nitrogen and oxygen atoms in total. The summed E-state index contributed by atoms with van der Waals surface area (Å²) in [5, 5.41) is 14.7. The van der Waals surface area contributed by atoms with Crippen molar-refractivity contribution in [1.29, 1.82) is 0 Å². The van der Waals surface area contributed by atoms with Crippen LogP contribution in [0.4, 0.5) is 0 Å². The third-order valence-corrected chi connectivity index (χ3v) is 7.96. The number of rotatable bonds is 5. The first-order valence-electron chi connectivity index (χ1n) is 12.9. The van der Waals surface area contributed by atoms with Crippen molar-refractivity contribution in [2.45, 2.75) is 72.7 Å². The molecule has 0 radical (unpaired) electrons. The fourth-order valence-electron chi connectivity index (χ4n) is 4.83. The minimum Gasteiger partial charge on any atom is -0.373 e. The van der Waals surface area contributed by atoms with E-state index in [1.807, 2.05) is 84.0 Å². The first-order chi connectivity index (χ1) is 18.2. The predicted molar refractivity (Wildman–Crippen MR) is 161 cm³/mol. The van der Waals surface area contributed by atoms with Crippen LogP contribution < -0.4 is 0 Å². The second kappa shape index (κ2) is 10.9. The van der Waals surface area contributed by atoms with E-state index in [1.54, 1.807) is 13.8 Å². The number of benzene rings is 3. The van der Waals surface area contributed by atoms with E-state index in [0.717, 1.165) is 54.2 Å². The molecule has 202 valence electrons. The van der Waals surface area contributed by atoms with Gasteiger partial charge in [0.1, 0.15) is 6.10 Å². The van der Waals surface area contributed by atoms with Gasteiger partial charge in [-0.2, -0.15) is 0 Å². The Morgan fingerprint density at radius 3 is 2.28 bits per heavy atom. The number of hydrogen-bond acceptors (Lipinski definition) is 5. The summed E-state index contributed by atoms with van der Waals surface area (Å²) in [7, 11) is 0. The number of aromatic nitrogens is 1. The summed E-state index contributed by atoms with van der Waals surface area (Å²) in [5.41, 5.74) is 3.33. The molecule has 2 atom stereocenters. The van der Waals surface area contributed by atoms with Gasteiger partial charge in [-0.1, -0.05) is 47.7 Å². The number of halogens is 1. The van der Waals surface area contributed by atoms with Crippen LogP contribution in [0.2, 0.25) is 5.02 Å². The summed E-state index contributed by atoms with van der Waals surface area (Å²) in [4.78, 5) is 18.2. The molecule has 4 rings (SSSR count). The molecule has 0 bridgehead atoms. The SMILES string of the molecule is CC(=O)C(OC(C)(C)C)c1c(C)cc2ccc(C#CC(C)(O)c3sc(C)nc3C)cc2c1-c1ccc(Cl)cc1. The number of nitrogens with zero attached hydrogens (tertiary/aromatic N) is 1. The Balaban J connectivity index is 1.96. The van der Waals surface area contributed by atoms with Crippen LogP contribution >= 0.6 is 22.9 Å². The summed E-state index contributed by atoms with van der Waals surface area (Å²) in [5.74, 6) is 6.17. The van der Waals surface area contributed by atoms with Crippen LogP contribution in [0.1, 0.15) is 73.0 Å². The number of ether oxygens (including phenoxy) is 1. The highest BCUT2D eigenvalue weighted by atomic mass is 35.5. The Morgan fingerprint density at radius 1 is 1.05 bits per heavy atom. The number of ketones is 1. The number of aliphatic hydroxyl groups is 1. The van der Waals surface area contributed by atoms with Crippen molar-refractivity contribution in [2.24, 2.45) is 0 Å². The van der Waals surface area contributed by atoms with Crippen LogP contribution in [-0.4, -0.2) is 21.5 Å². The molecule has 0 saturated heterocycles. The van der Waals surface area contributed by atoms with Gasteiger partial charge in [0.15, 0.2) is 11.4 Å². The molecule has 2 unspecified atom stereocenters. The van der Waals surface area contributed by atoms with E-state index in [0.29, 0.717) is 5.02 Å². The Morgan fingerprint density at radius 2 is 1.72 bits per heavy atom. The number of fused-ring (bicyclic) bond motifs is 1. The Bertz CT molecular complexity index is 1620. The Kier molecular flexibility index (Phi) is 8.08. The fraction of sp³-hybridized carbons (Fsp3) is 0.333. The smallest absolute Gasteiger partial charge is 0.163 e. The summed E-state index contributed by atoms with van der Waals surface area (Å²) in [6.07, 6.45) is -0.743. The monoisotopic (exact) mass is 559 g/mol. The van der Waals surface area contributed by atoms with Crippen LogP contribution in [-0.2, 0) is 15.1 Å². The summed E-state index contributed by atoms with van der Waals surface area (Å²) in [6, 6.07) is 15.7. The van der Waals surface area contributed by atoms with Gasteiger partial charge in [-0.25, -0.2) is 4.98 Å². The van der Waals surface area contributed by atoms with Gasteiger partial charge in [-0.3, -0.25) is 4.79 Å². The minimum absolute atomic E-state index is 0.0650. The second-order valence-electron chi connectivity index (χ2n) is 11.1. The zero-order chi connectivity index (χ0) is 28.7. The molecular formula is C33H34ClNO3S. The lowest BCUT2D eigenvalue weighted by Gasteiger charge is -2.29. The molecule has 1 N–H and O–H groups in total. The zero-order valence-corrected chi connectivity index (χ0v) is 25.3. The highest BCUT2D eigenvalue weighted by Gasteiger charge is 2.30. The van der Waals surface area contributed by atoms with Gasteiger partial charge in [0.2, 0.25) is 0 Å². The van der Waals surface area contributed by atoms with Crippen molar-refractivity contribution >= 4 is 39.5 Å². The van der Waals surface area contributed by atoms with Gasteiger partial charge in [0.25, 0.3) is 0 Å². The van der Waals surface area contributed by atoms with Crippen molar-refractivity contribution in [3.63, 3.8) is 0 Å². The lowest BCUT2D eigenvalue weighted by atomic mass is 9.85. The summed E-state index contributed by atoms with van der Waals surface area (Å²) < 4.78 is 6.34. The standard InChI is InChI=1S/C33H34ClNO3S/c1-19-17-25-10-9-23(15-16-33(8,37)31-20(2)35-22(4)39-31)18-27(25)29(24-11-13-26(34)14-12-24)28(19)30(21(3)36)38-32(5,6)7/h9-14,17-18,30,37H,1-8H3. The first-order valence-corrected chi connectivity index (χ1v) is 14.1. The molecule has 0 spiro atoms. The molecule has 0 amide bonds. The maximum absolute atomic E-state index is 13.0. The van der Waals surface area contributed by atoms with Crippen molar-refractivity contribution in [3.8, 4) is 23.0 Å². The largest absolute Gasteiger partial charge is 0.373 e. The topological polar surface area (TPSA) is 59.4 Å². The van der Waals surface area contributed by atoms with Crippen molar-refractivity contribution < 1.29 is 14.6 Å². The van der Waals surface area contributed by atoms with Gasteiger partial charge in [0, 0.05) is 10.6 Å². The summed E-state index contributed by atoms with van der Waals surface area (Å²) >= 11 is 7.69. The Hall–Kier alpha value is -3.01. The lowest BCUT2D eigenvalue weighted by molar-refractivity contribution is -0.138. The van der Waals surface area contributed by atoms with Crippen LogP contribution in [0.3, 0.4) is 0 Å². The van der Waals surface area contributed by atoms with E-state index in [1.165, 1.54) is 11.3 Å². The predicted octanol–water partition coefficient (Wildman–Crippen LogP) is 8.25. The molecule has 3 aromatic carbocycles. The molecule has 0 aliphatic rings. The normalized spacial score (nSPS) is 14.0. The number of aryl methyl sites for hydroxylation is 3. The maximum Gasteiger partial charge on any atom is 0.163 e. The van der Waals surface area contributed by atoms with Crippen molar-refractivity contribution in [3.05, 3.63) is 85.8 Å². The second-order valence-corrected chi connectivity index (χ2v) is 12.8. The number of carbonyl (C=O) groups is 1. The molecule has 6 heteroatoms. The third kappa shape index (κ3) is 6.42. The molecule has 0 fully saturated rings. The van der Waals surface area contributed by atoms with E-state index in [9.17, 15) is 9.90 Å². The molecule has 0 saturated carbocycles. The lowest BCUT2D eigenvalue weighted by Crippen LogP contribution is -2.27. The molecule has 39 heavy (non-hydrogen) atoms. The average Bonchev–Trinajstić information content (AvgIpc) is 3.19. The van der Waals surface area contributed by atoms with Gasteiger partial charge >= 0.3 is 0 Å². The van der Waals surface area contributed by atoms with E-state index >= 15 is 0 Å². The number of thiazole rings is 1. The molecule has 0 aliphatic carbocycles. The molecular weight excluding hydrogens is 526 g/mol. The summed E-state index contributed by atoms with van der Waals surface area (Å²) in [6.45, 7) is 14.9. The average molecular weight is 560 g/mol. The number of Topliss-reactive ketones (excluding diaryl/α,β-unsaturated/α-hetero) is 1. The fourth-order valence-corrected chi connectivity index (χ4v) is 5.87. The Labute approximate surface area is 240 Å². The van der Waals surface area contributed by atoms with E-state index < -0.39 is 17.3 Å². The first kappa shape index (κ1) is 29.0. The number of carbonyl (C=O) groups excluding carboxylic acids is 1. The van der Waals surface area contributed by atoms with Gasteiger partial charge < -0.3 is 9.84 Å². The number of hydrogen-bond donors (Lipinski definition) is 1. The quantitative estimate of drug-likeness (QED) is 0.250. The minimum atomic E-state index is -1.33. The van der Waals surface area contributed by atoms with Crippen LogP contribution in [0.5, 0.6) is 0 Å². The molecule has 1 heterocycles. The zero-order valence-electron chi connectivity index (χ0n) is 23.7. The highest BCUT2D eigenvalue weighted by Crippen LogP contribution is 2.41.